The van der Waals surface area contributed by atoms with E-state index < -0.39 is 6.10 Å². The maximum Gasteiger partial charge on any atom is 0.118 e. The summed E-state index contributed by atoms with van der Waals surface area (Å²) in [4.78, 5) is 4.79. The summed E-state index contributed by atoms with van der Waals surface area (Å²) >= 11 is 0. The molecular formula is C19H32N2O3. The first-order chi connectivity index (χ1) is 11.6. The second kappa shape index (κ2) is 9.99. The monoisotopic (exact) mass is 336 g/mol. The van der Waals surface area contributed by atoms with E-state index in [0.717, 1.165) is 38.5 Å². The van der Waals surface area contributed by atoms with E-state index in [2.05, 4.69) is 35.8 Å². The lowest BCUT2D eigenvalue weighted by Gasteiger charge is -2.35. The first kappa shape index (κ1) is 19.2. The average Bonchev–Trinajstić information content (AvgIpc) is 2.57. The maximum atomic E-state index is 10.1. The minimum atomic E-state index is -0.392. The molecule has 0 amide bonds. The minimum Gasteiger partial charge on any atom is -0.497 e. The first-order valence-corrected chi connectivity index (χ1v) is 8.90. The number of β-amino-alcohol motifs (C(OH)–C–C–N with tert-alkyl or cyclic N) is 1. The number of benzene rings is 1. The van der Waals surface area contributed by atoms with Gasteiger partial charge in [0.1, 0.15) is 5.75 Å². The highest BCUT2D eigenvalue weighted by Gasteiger charge is 2.19. The summed E-state index contributed by atoms with van der Waals surface area (Å²) in [7, 11) is 1.69. The van der Waals surface area contributed by atoms with E-state index in [1.807, 2.05) is 12.1 Å². The van der Waals surface area contributed by atoms with Gasteiger partial charge in [0.15, 0.2) is 0 Å². The highest BCUT2D eigenvalue weighted by Crippen LogP contribution is 2.14. The fourth-order valence-corrected chi connectivity index (χ4v) is 2.91. The van der Waals surface area contributed by atoms with E-state index in [0.29, 0.717) is 25.7 Å². The lowest BCUT2D eigenvalue weighted by molar-refractivity contribution is -0.000369. The van der Waals surface area contributed by atoms with Crippen molar-refractivity contribution in [3.8, 4) is 5.75 Å². The third-order valence-corrected chi connectivity index (χ3v) is 4.26. The zero-order valence-corrected chi connectivity index (χ0v) is 15.3. The van der Waals surface area contributed by atoms with Crippen LogP contribution in [0.25, 0.3) is 0 Å². The Morgan fingerprint density at radius 3 is 2.21 bits per heavy atom. The molecule has 2 rings (SSSR count). The van der Waals surface area contributed by atoms with Crippen LogP contribution in [-0.4, -0.2) is 74.1 Å². The third-order valence-electron chi connectivity index (χ3n) is 4.26. The molecule has 1 aliphatic rings. The van der Waals surface area contributed by atoms with Gasteiger partial charge in [-0.1, -0.05) is 26.0 Å². The van der Waals surface area contributed by atoms with Crippen LogP contribution < -0.4 is 4.74 Å². The van der Waals surface area contributed by atoms with Gasteiger partial charge in [-0.2, -0.15) is 0 Å². The van der Waals surface area contributed by atoms with Gasteiger partial charge in [-0.05, 0) is 23.6 Å². The van der Waals surface area contributed by atoms with E-state index in [1.54, 1.807) is 7.11 Å². The van der Waals surface area contributed by atoms with Gasteiger partial charge in [0.25, 0.3) is 0 Å². The van der Waals surface area contributed by atoms with Crippen LogP contribution in [0, 0.1) is 5.92 Å². The number of hydrogen-bond donors (Lipinski definition) is 1. The van der Waals surface area contributed by atoms with Crippen molar-refractivity contribution in [2.45, 2.75) is 26.5 Å². The number of aliphatic hydroxyl groups excluding tert-OH is 1. The second-order valence-corrected chi connectivity index (χ2v) is 7.01. The van der Waals surface area contributed by atoms with Crippen molar-refractivity contribution < 1.29 is 14.6 Å². The lowest BCUT2D eigenvalue weighted by atomic mass is 10.2. The number of piperazine rings is 1. The molecule has 24 heavy (non-hydrogen) atoms. The maximum absolute atomic E-state index is 10.1. The van der Waals surface area contributed by atoms with Gasteiger partial charge in [0, 0.05) is 45.9 Å². The summed E-state index contributed by atoms with van der Waals surface area (Å²) in [6.07, 6.45) is -0.392. The van der Waals surface area contributed by atoms with Gasteiger partial charge in [0.2, 0.25) is 0 Å². The highest BCUT2D eigenvalue weighted by molar-refractivity contribution is 5.27. The van der Waals surface area contributed by atoms with Crippen LogP contribution in [0.2, 0.25) is 0 Å². The Labute approximate surface area is 146 Å². The van der Waals surface area contributed by atoms with Gasteiger partial charge in [0.05, 0.1) is 19.8 Å². The smallest absolute Gasteiger partial charge is 0.118 e. The fraction of sp³-hybridized carbons (Fsp3) is 0.684. The quantitative estimate of drug-likeness (QED) is 0.746. The third kappa shape index (κ3) is 6.77. The van der Waals surface area contributed by atoms with E-state index in [1.165, 1.54) is 5.56 Å². The molecule has 1 fully saturated rings. The highest BCUT2D eigenvalue weighted by atomic mass is 16.5. The van der Waals surface area contributed by atoms with Gasteiger partial charge in [-0.3, -0.25) is 9.80 Å². The van der Waals surface area contributed by atoms with Gasteiger partial charge >= 0.3 is 0 Å². The molecule has 5 nitrogen and oxygen atoms in total. The molecule has 0 radical (unpaired) electrons. The van der Waals surface area contributed by atoms with Crippen LogP contribution in [0.1, 0.15) is 19.4 Å². The summed E-state index contributed by atoms with van der Waals surface area (Å²) in [5, 5.41) is 10.1. The zero-order chi connectivity index (χ0) is 17.4. The largest absolute Gasteiger partial charge is 0.497 e. The van der Waals surface area contributed by atoms with Crippen molar-refractivity contribution in [2.75, 3.05) is 53.0 Å². The Morgan fingerprint density at radius 2 is 1.62 bits per heavy atom. The number of methoxy groups -OCH3 is 1. The van der Waals surface area contributed by atoms with Crippen LogP contribution in [0.4, 0.5) is 0 Å². The van der Waals surface area contributed by atoms with Crippen LogP contribution in [0.5, 0.6) is 5.75 Å². The standard InChI is InChI=1S/C19H32N2O3/c1-16(2)14-24-15-18(22)13-21-10-8-20(9-11-21)12-17-4-6-19(23-3)7-5-17/h4-7,16,18,22H,8-15H2,1-3H3. The second-order valence-electron chi connectivity index (χ2n) is 7.01. The number of nitrogens with zero attached hydrogens (tertiary/aromatic N) is 2. The summed E-state index contributed by atoms with van der Waals surface area (Å²) in [5.74, 6) is 1.41. The molecule has 1 aliphatic heterocycles. The summed E-state index contributed by atoms with van der Waals surface area (Å²) < 4.78 is 10.7. The topological polar surface area (TPSA) is 45.2 Å². The van der Waals surface area contributed by atoms with Crippen molar-refractivity contribution in [3.05, 3.63) is 29.8 Å². The molecule has 136 valence electrons. The van der Waals surface area contributed by atoms with E-state index in [4.69, 9.17) is 9.47 Å². The Morgan fingerprint density at radius 1 is 1.00 bits per heavy atom. The van der Waals surface area contributed by atoms with Crippen molar-refractivity contribution in [2.24, 2.45) is 5.92 Å². The van der Waals surface area contributed by atoms with E-state index >= 15 is 0 Å². The predicted octanol–water partition coefficient (Wildman–Crippen LogP) is 1.85. The van der Waals surface area contributed by atoms with Crippen LogP contribution in [0.15, 0.2) is 24.3 Å². The van der Waals surface area contributed by atoms with E-state index in [-0.39, 0.29) is 0 Å². The fourth-order valence-electron chi connectivity index (χ4n) is 2.91. The molecule has 1 atom stereocenters. The summed E-state index contributed by atoms with van der Waals surface area (Å²) in [6.45, 7) is 11.1. The summed E-state index contributed by atoms with van der Waals surface area (Å²) in [6, 6.07) is 8.28. The first-order valence-electron chi connectivity index (χ1n) is 8.90. The number of ether oxygens (including phenoxy) is 2. The van der Waals surface area contributed by atoms with Crippen molar-refractivity contribution in [3.63, 3.8) is 0 Å². The molecule has 5 heteroatoms. The van der Waals surface area contributed by atoms with Crippen LogP contribution >= 0.6 is 0 Å². The molecule has 1 unspecified atom stereocenters. The normalized spacial score (nSPS) is 18.0. The molecule has 0 bridgehead atoms. The van der Waals surface area contributed by atoms with Crippen molar-refractivity contribution in [1.82, 2.24) is 9.80 Å². The molecule has 0 aromatic heterocycles. The molecule has 1 N–H and O–H groups in total. The Bertz CT molecular complexity index is 456. The molecular weight excluding hydrogens is 304 g/mol. The van der Waals surface area contributed by atoms with Crippen molar-refractivity contribution in [1.29, 1.82) is 0 Å². The number of aliphatic hydroxyl groups is 1. The zero-order valence-electron chi connectivity index (χ0n) is 15.3. The Balaban J connectivity index is 1.65. The van der Waals surface area contributed by atoms with E-state index in [9.17, 15) is 5.11 Å². The van der Waals surface area contributed by atoms with Gasteiger partial charge < -0.3 is 14.6 Å². The SMILES string of the molecule is COc1ccc(CN2CCN(CC(O)COCC(C)C)CC2)cc1. The van der Waals surface area contributed by atoms with Crippen LogP contribution in [-0.2, 0) is 11.3 Å². The van der Waals surface area contributed by atoms with Gasteiger partial charge in [-0.15, -0.1) is 0 Å². The predicted molar refractivity (Wildman–Crippen MR) is 96.4 cm³/mol. The molecule has 0 aliphatic carbocycles. The Kier molecular flexibility index (Phi) is 7.99. The number of rotatable bonds is 9. The Hall–Kier alpha value is -1.14. The molecule has 0 spiro atoms. The molecule has 0 saturated carbocycles. The van der Waals surface area contributed by atoms with Crippen molar-refractivity contribution >= 4 is 0 Å². The molecule has 1 aromatic rings. The number of hydrogen-bond acceptors (Lipinski definition) is 5. The molecule has 1 heterocycles. The molecule has 1 saturated heterocycles. The summed E-state index contributed by atoms with van der Waals surface area (Å²) in [5.41, 5.74) is 1.31. The van der Waals surface area contributed by atoms with Gasteiger partial charge in [-0.25, -0.2) is 0 Å². The van der Waals surface area contributed by atoms with Crippen LogP contribution in [0.3, 0.4) is 0 Å². The lowest BCUT2D eigenvalue weighted by Crippen LogP contribution is -2.48. The minimum absolute atomic E-state index is 0.392. The molecule has 1 aromatic carbocycles. The average molecular weight is 336 g/mol.